The van der Waals surface area contributed by atoms with Crippen LogP contribution in [0.5, 0.6) is 11.5 Å². The van der Waals surface area contributed by atoms with Gasteiger partial charge in [-0.05, 0) is 54.7 Å². The van der Waals surface area contributed by atoms with E-state index in [-0.39, 0.29) is 23.4 Å². The minimum absolute atomic E-state index is 0.000123. The maximum atomic E-state index is 6.17. The van der Waals surface area contributed by atoms with Crippen LogP contribution in [0.2, 0.25) is 0 Å². The van der Waals surface area contributed by atoms with Crippen molar-refractivity contribution in [3.63, 3.8) is 0 Å². The van der Waals surface area contributed by atoms with Gasteiger partial charge in [0.25, 0.3) is 5.97 Å². The molecule has 6 rings (SSSR count). The molecule has 200 valence electrons. The molecule has 1 saturated carbocycles. The zero-order valence-electron chi connectivity index (χ0n) is 21.9. The average molecular weight is 511 g/mol. The Balaban J connectivity index is 1.00. The molecule has 0 bridgehead atoms. The van der Waals surface area contributed by atoms with Crippen LogP contribution in [0.3, 0.4) is 0 Å². The molecule has 4 fully saturated rings. The molecule has 7 nitrogen and oxygen atoms in total. The first-order valence-corrected chi connectivity index (χ1v) is 13.7. The molecule has 2 aromatic carbocycles. The topological polar surface area (TPSA) is 64.6 Å². The van der Waals surface area contributed by atoms with Crippen LogP contribution in [-0.4, -0.2) is 57.0 Å². The van der Waals surface area contributed by atoms with E-state index in [0.29, 0.717) is 33.0 Å². The minimum atomic E-state index is -0.834. The normalized spacial score (nSPS) is 28.9. The summed E-state index contributed by atoms with van der Waals surface area (Å²) in [5, 5.41) is 0. The van der Waals surface area contributed by atoms with Gasteiger partial charge in [-0.25, -0.2) is 0 Å². The molecule has 2 spiro atoms. The first-order valence-electron chi connectivity index (χ1n) is 13.7. The van der Waals surface area contributed by atoms with Crippen LogP contribution in [0.4, 0.5) is 0 Å². The van der Waals surface area contributed by atoms with E-state index in [1.54, 1.807) is 0 Å². The Bertz CT molecular complexity index is 953. The smallest absolute Gasteiger partial charge is 0.283 e. The van der Waals surface area contributed by atoms with E-state index in [1.165, 1.54) is 24.0 Å². The maximum Gasteiger partial charge on any atom is 0.283 e. The van der Waals surface area contributed by atoms with Gasteiger partial charge in [-0.15, -0.1) is 0 Å². The van der Waals surface area contributed by atoms with Gasteiger partial charge in [0, 0.05) is 24.7 Å². The summed E-state index contributed by atoms with van der Waals surface area (Å²) in [4.78, 5) is 0. The van der Waals surface area contributed by atoms with Crippen molar-refractivity contribution in [2.75, 3.05) is 33.0 Å². The van der Waals surface area contributed by atoms with E-state index in [2.05, 4.69) is 38.1 Å². The largest absolute Gasteiger partial charge is 0.491 e. The molecule has 3 heterocycles. The third-order valence-corrected chi connectivity index (χ3v) is 8.09. The van der Waals surface area contributed by atoms with Crippen molar-refractivity contribution in [2.24, 2.45) is 0 Å². The summed E-state index contributed by atoms with van der Waals surface area (Å²) >= 11 is 0. The van der Waals surface area contributed by atoms with E-state index in [9.17, 15) is 0 Å². The van der Waals surface area contributed by atoms with Crippen LogP contribution in [0.1, 0.15) is 63.5 Å². The van der Waals surface area contributed by atoms with Gasteiger partial charge in [-0.2, -0.15) is 0 Å². The third-order valence-electron chi connectivity index (χ3n) is 8.09. The molecular weight excluding hydrogens is 472 g/mol. The Labute approximate surface area is 219 Å². The molecule has 0 aromatic heterocycles. The molecule has 0 radical (unpaired) electrons. The quantitative estimate of drug-likeness (QED) is 0.475. The lowest BCUT2D eigenvalue weighted by atomic mass is 9.78. The van der Waals surface area contributed by atoms with Gasteiger partial charge < -0.3 is 33.2 Å². The Morgan fingerprint density at radius 3 is 1.84 bits per heavy atom. The first-order chi connectivity index (χ1) is 17.9. The van der Waals surface area contributed by atoms with Gasteiger partial charge >= 0.3 is 0 Å². The lowest BCUT2D eigenvalue weighted by Gasteiger charge is -2.27. The standard InChI is InChI=1S/C30H38O7/c1-28(2,22-6-10-24(11-7-22)31-18-26-20-34-29(36-26)14-3-4-15-29)23-8-12-25(13-9-23)32-19-27-21-35-30(37-27)16-5-17-33-30/h6-13,26-27H,3-5,14-21H2,1-2H3. The van der Waals surface area contributed by atoms with E-state index in [0.717, 1.165) is 37.2 Å². The summed E-state index contributed by atoms with van der Waals surface area (Å²) in [6, 6.07) is 16.7. The molecule has 0 amide bonds. The molecule has 7 heteroatoms. The molecule has 37 heavy (non-hydrogen) atoms. The van der Waals surface area contributed by atoms with E-state index >= 15 is 0 Å². The van der Waals surface area contributed by atoms with Crippen LogP contribution in [0, 0.1) is 0 Å². The highest BCUT2D eigenvalue weighted by Crippen LogP contribution is 2.39. The van der Waals surface area contributed by atoms with Crippen LogP contribution < -0.4 is 9.47 Å². The van der Waals surface area contributed by atoms with Crippen molar-refractivity contribution in [3.8, 4) is 11.5 Å². The Hall–Kier alpha value is -2.16. The van der Waals surface area contributed by atoms with Crippen molar-refractivity contribution in [3.05, 3.63) is 59.7 Å². The fourth-order valence-corrected chi connectivity index (χ4v) is 5.77. The zero-order valence-corrected chi connectivity index (χ0v) is 21.9. The molecule has 2 aromatic rings. The van der Waals surface area contributed by atoms with Gasteiger partial charge in [0.15, 0.2) is 5.79 Å². The maximum absolute atomic E-state index is 6.17. The lowest BCUT2D eigenvalue weighted by Crippen LogP contribution is -2.30. The van der Waals surface area contributed by atoms with Crippen molar-refractivity contribution in [2.45, 2.75) is 81.8 Å². The second-order valence-electron chi connectivity index (χ2n) is 11.2. The van der Waals surface area contributed by atoms with Crippen LogP contribution in [0.15, 0.2) is 48.5 Å². The number of ether oxygens (including phenoxy) is 7. The molecule has 1 aliphatic carbocycles. The fraction of sp³-hybridized carbons (Fsp3) is 0.600. The van der Waals surface area contributed by atoms with Crippen LogP contribution >= 0.6 is 0 Å². The van der Waals surface area contributed by atoms with Crippen molar-refractivity contribution >= 4 is 0 Å². The Morgan fingerprint density at radius 2 is 1.27 bits per heavy atom. The SMILES string of the molecule is CC(C)(c1ccc(OCC2COC3(CCCC3)O2)cc1)c1ccc(OCC2COC3(CCCO3)O2)cc1. The Morgan fingerprint density at radius 1 is 0.703 bits per heavy atom. The van der Waals surface area contributed by atoms with E-state index in [1.807, 2.05) is 24.3 Å². The van der Waals surface area contributed by atoms with Gasteiger partial charge in [0.2, 0.25) is 0 Å². The number of hydrogen-bond donors (Lipinski definition) is 0. The van der Waals surface area contributed by atoms with Gasteiger partial charge in [0.1, 0.15) is 36.9 Å². The highest BCUT2D eigenvalue weighted by molar-refractivity contribution is 5.41. The summed E-state index contributed by atoms with van der Waals surface area (Å²) in [6.45, 7) is 7.20. The van der Waals surface area contributed by atoms with E-state index < -0.39 is 5.97 Å². The summed E-state index contributed by atoms with van der Waals surface area (Å²) < 4.78 is 41.5. The number of benzene rings is 2. The highest BCUT2D eigenvalue weighted by Gasteiger charge is 2.46. The molecule has 3 saturated heterocycles. The van der Waals surface area contributed by atoms with E-state index in [4.69, 9.17) is 33.2 Å². The van der Waals surface area contributed by atoms with Crippen molar-refractivity contribution in [1.82, 2.24) is 0 Å². The molecule has 4 aliphatic rings. The summed E-state index contributed by atoms with van der Waals surface area (Å²) in [5.41, 5.74) is 2.27. The predicted octanol–water partition coefficient (Wildman–Crippen LogP) is 5.34. The molecular formula is C30H38O7. The number of rotatable bonds is 8. The highest BCUT2D eigenvalue weighted by atomic mass is 16.9. The molecule has 3 atom stereocenters. The summed E-state index contributed by atoms with van der Waals surface area (Å²) in [7, 11) is 0. The second-order valence-corrected chi connectivity index (χ2v) is 11.2. The Kier molecular flexibility index (Phi) is 6.92. The minimum Gasteiger partial charge on any atom is -0.491 e. The van der Waals surface area contributed by atoms with Gasteiger partial charge in [-0.3, -0.25) is 0 Å². The van der Waals surface area contributed by atoms with Crippen LogP contribution in [-0.2, 0) is 29.1 Å². The second kappa shape index (κ2) is 10.2. The molecule has 3 aliphatic heterocycles. The monoisotopic (exact) mass is 510 g/mol. The molecule has 0 N–H and O–H groups in total. The van der Waals surface area contributed by atoms with Crippen LogP contribution in [0.25, 0.3) is 0 Å². The zero-order chi connectivity index (χ0) is 25.3. The summed E-state index contributed by atoms with van der Waals surface area (Å²) in [6.07, 6.45) is 5.99. The molecule has 3 unspecified atom stereocenters. The van der Waals surface area contributed by atoms with Crippen molar-refractivity contribution in [1.29, 1.82) is 0 Å². The average Bonchev–Trinajstić information content (AvgIpc) is 3.73. The first kappa shape index (κ1) is 25.1. The predicted molar refractivity (Wildman–Crippen MR) is 137 cm³/mol. The summed E-state index contributed by atoms with van der Waals surface area (Å²) in [5.74, 6) is 0.494. The fourth-order valence-electron chi connectivity index (χ4n) is 5.77. The van der Waals surface area contributed by atoms with Gasteiger partial charge in [0.05, 0.1) is 19.8 Å². The lowest BCUT2D eigenvalue weighted by molar-refractivity contribution is -0.314. The third kappa shape index (κ3) is 5.38. The van der Waals surface area contributed by atoms with Gasteiger partial charge in [-0.1, -0.05) is 38.1 Å². The van der Waals surface area contributed by atoms with Crippen molar-refractivity contribution < 1.29 is 33.2 Å². The number of hydrogen-bond acceptors (Lipinski definition) is 7.